The topological polar surface area (TPSA) is 80.9 Å². The highest BCUT2D eigenvalue weighted by atomic mass is 16.3. The van der Waals surface area contributed by atoms with Gasteiger partial charge in [0.25, 0.3) is 0 Å². The Morgan fingerprint density at radius 3 is 1.19 bits per heavy atom. The SMILES string of the molecule is Cc1c(CC(C)c2ccc(C(C)Cc3ccc(CO)c(O)c3C)cc2)ccc(CO)c1O. The number of benzene rings is 3. The molecule has 32 heavy (non-hydrogen) atoms. The zero-order chi connectivity index (χ0) is 23.4. The molecule has 170 valence electrons. The van der Waals surface area contributed by atoms with Crippen LogP contribution in [0.5, 0.6) is 11.5 Å². The highest BCUT2D eigenvalue weighted by Gasteiger charge is 2.15. The van der Waals surface area contributed by atoms with Gasteiger partial charge in [0.2, 0.25) is 0 Å². The standard InChI is InChI=1S/C28H34O4/c1-17(13-23-9-11-25(15-29)27(31)19(23)3)21-5-7-22(8-6-21)18(2)14-24-10-12-26(16-30)28(32)20(24)4/h5-12,17-18,29-32H,13-16H2,1-4H3. The van der Waals surface area contributed by atoms with Gasteiger partial charge in [0.15, 0.2) is 0 Å². The molecule has 4 nitrogen and oxygen atoms in total. The van der Waals surface area contributed by atoms with Crippen molar-refractivity contribution in [2.75, 3.05) is 0 Å². The number of phenols is 2. The van der Waals surface area contributed by atoms with Gasteiger partial charge in [-0.25, -0.2) is 0 Å². The Kier molecular flexibility index (Phi) is 7.60. The lowest BCUT2D eigenvalue weighted by atomic mass is 9.87. The van der Waals surface area contributed by atoms with Crippen molar-refractivity contribution in [3.63, 3.8) is 0 Å². The summed E-state index contributed by atoms with van der Waals surface area (Å²) in [6, 6.07) is 16.3. The third-order valence-corrected chi connectivity index (χ3v) is 6.72. The predicted octanol–water partition coefficient (Wildman–Crippen LogP) is 5.39. The molecule has 3 rings (SSSR count). The van der Waals surface area contributed by atoms with Gasteiger partial charge in [-0.15, -0.1) is 0 Å². The first kappa shape index (κ1) is 23.8. The van der Waals surface area contributed by atoms with Gasteiger partial charge in [-0.1, -0.05) is 62.4 Å². The third-order valence-electron chi connectivity index (χ3n) is 6.72. The molecule has 2 atom stereocenters. The van der Waals surface area contributed by atoms with Crippen LogP contribution < -0.4 is 0 Å². The van der Waals surface area contributed by atoms with Crippen LogP contribution >= 0.6 is 0 Å². The Morgan fingerprint density at radius 2 is 0.875 bits per heavy atom. The van der Waals surface area contributed by atoms with Crippen LogP contribution in [0.3, 0.4) is 0 Å². The molecular formula is C28H34O4. The zero-order valence-corrected chi connectivity index (χ0v) is 19.4. The number of aliphatic hydroxyl groups excluding tert-OH is 2. The lowest BCUT2D eigenvalue weighted by molar-refractivity contribution is 0.275. The Morgan fingerprint density at radius 1 is 0.562 bits per heavy atom. The highest BCUT2D eigenvalue weighted by molar-refractivity contribution is 5.46. The van der Waals surface area contributed by atoms with Crippen molar-refractivity contribution < 1.29 is 20.4 Å². The van der Waals surface area contributed by atoms with Crippen molar-refractivity contribution in [3.8, 4) is 11.5 Å². The first-order valence-corrected chi connectivity index (χ1v) is 11.2. The fraction of sp³-hybridized carbons (Fsp3) is 0.357. The molecule has 0 heterocycles. The predicted molar refractivity (Wildman–Crippen MR) is 128 cm³/mol. The van der Waals surface area contributed by atoms with Crippen molar-refractivity contribution in [1.29, 1.82) is 0 Å². The van der Waals surface area contributed by atoms with Crippen LogP contribution in [0.4, 0.5) is 0 Å². The lowest BCUT2D eigenvalue weighted by Gasteiger charge is -2.18. The summed E-state index contributed by atoms with van der Waals surface area (Å²) in [6.45, 7) is 7.84. The van der Waals surface area contributed by atoms with Gasteiger partial charge in [-0.3, -0.25) is 0 Å². The summed E-state index contributed by atoms with van der Waals surface area (Å²) in [4.78, 5) is 0. The smallest absolute Gasteiger partial charge is 0.124 e. The maximum Gasteiger partial charge on any atom is 0.124 e. The number of hydrogen-bond donors (Lipinski definition) is 4. The second kappa shape index (κ2) is 10.2. The minimum absolute atomic E-state index is 0.160. The highest BCUT2D eigenvalue weighted by Crippen LogP contribution is 2.32. The second-order valence-corrected chi connectivity index (χ2v) is 8.91. The van der Waals surface area contributed by atoms with E-state index in [1.807, 2.05) is 26.0 Å². The van der Waals surface area contributed by atoms with Crippen LogP contribution in [0.15, 0.2) is 48.5 Å². The maximum absolute atomic E-state index is 10.3. The van der Waals surface area contributed by atoms with Gasteiger partial charge in [-0.05, 0) is 71.9 Å². The summed E-state index contributed by atoms with van der Waals surface area (Å²) in [5.41, 5.74) is 7.45. The monoisotopic (exact) mass is 434 g/mol. The summed E-state index contributed by atoms with van der Waals surface area (Å²) in [7, 11) is 0. The molecule has 4 N–H and O–H groups in total. The third kappa shape index (κ3) is 4.98. The van der Waals surface area contributed by atoms with E-state index in [0.29, 0.717) is 23.0 Å². The molecular weight excluding hydrogens is 400 g/mol. The number of rotatable bonds is 8. The molecule has 0 aliphatic rings. The number of aliphatic hydroxyl groups is 2. The van der Waals surface area contributed by atoms with Crippen LogP contribution in [-0.4, -0.2) is 20.4 Å². The lowest BCUT2D eigenvalue weighted by Crippen LogP contribution is -2.04. The molecule has 3 aromatic rings. The van der Waals surface area contributed by atoms with Crippen molar-refractivity contribution in [1.82, 2.24) is 0 Å². The van der Waals surface area contributed by atoms with E-state index in [4.69, 9.17) is 0 Å². The Hall–Kier alpha value is -2.82. The molecule has 4 heteroatoms. The molecule has 2 unspecified atom stereocenters. The minimum atomic E-state index is -0.160. The molecule has 0 radical (unpaired) electrons. The quantitative estimate of drug-likeness (QED) is 0.383. The van der Waals surface area contributed by atoms with Gasteiger partial charge < -0.3 is 20.4 Å². The van der Waals surface area contributed by atoms with E-state index in [1.165, 1.54) is 11.1 Å². The van der Waals surface area contributed by atoms with Crippen LogP contribution in [0.1, 0.15) is 70.2 Å². The van der Waals surface area contributed by atoms with Gasteiger partial charge in [0.1, 0.15) is 11.5 Å². The first-order chi connectivity index (χ1) is 15.3. The van der Waals surface area contributed by atoms with E-state index in [1.54, 1.807) is 12.1 Å². The van der Waals surface area contributed by atoms with Crippen molar-refractivity contribution >= 4 is 0 Å². The number of aromatic hydroxyl groups is 2. The Bertz CT molecular complexity index is 983. The van der Waals surface area contributed by atoms with E-state index in [9.17, 15) is 20.4 Å². The van der Waals surface area contributed by atoms with E-state index >= 15 is 0 Å². The largest absolute Gasteiger partial charge is 0.507 e. The second-order valence-electron chi connectivity index (χ2n) is 8.91. The summed E-state index contributed by atoms with van der Waals surface area (Å²) < 4.78 is 0. The maximum atomic E-state index is 10.3. The minimum Gasteiger partial charge on any atom is -0.507 e. The molecule has 3 aromatic carbocycles. The first-order valence-electron chi connectivity index (χ1n) is 11.2. The van der Waals surface area contributed by atoms with Crippen LogP contribution in [0, 0.1) is 13.8 Å². The van der Waals surface area contributed by atoms with E-state index in [0.717, 1.165) is 35.1 Å². The molecule has 0 amide bonds. The van der Waals surface area contributed by atoms with Crippen LogP contribution in [0.2, 0.25) is 0 Å². The molecule has 0 aromatic heterocycles. The van der Waals surface area contributed by atoms with Gasteiger partial charge in [-0.2, -0.15) is 0 Å². The van der Waals surface area contributed by atoms with Crippen LogP contribution in [-0.2, 0) is 26.1 Å². The fourth-order valence-corrected chi connectivity index (χ4v) is 4.34. The summed E-state index contributed by atoms with van der Waals surface area (Å²) in [6.07, 6.45) is 1.63. The normalized spacial score (nSPS) is 13.2. The van der Waals surface area contributed by atoms with Gasteiger partial charge >= 0.3 is 0 Å². The molecule has 0 aliphatic heterocycles. The Balaban J connectivity index is 1.71. The summed E-state index contributed by atoms with van der Waals surface area (Å²) in [5, 5.41) is 39.2. The van der Waals surface area contributed by atoms with E-state index < -0.39 is 0 Å². The van der Waals surface area contributed by atoms with Crippen LogP contribution in [0.25, 0.3) is 0 Å². The van der Waals surface area contributed by atoms with E-state index in [-0.39, 0.29) is 24.7 Å². The molecule has 0 aliphatic carbocycles. The molecule has 0 fully saturated rings. The van der Waals surface area contributed by atoms with E-state index in [2.05, 4.69) is 38.1 Å². The summed E-state index contributed by atoms with van der Waals surface area (Å²) >= 11 is 0. The van der Waals surface area contributed by atoms with Crippen molar-refractivity contribution in [2.45, 2.75) is 65.6 Å². The van der Waals surface area contributed by atoms with Crippen molar-refractivity contribution in [3.05, 3.63) is 93.0 Å². The summed E-state index contributed by atoms with van der Waals surface area (Å²) in [5.74, 6) is 0.967. The van der Waals surface area contributed by atoms with Gasteiger partial charge in [0.05, 0.1) is 13.2 Å². The zero-order valence-electron chi connectivity index (χ0n) is 19.4. The molecule has 0 bridgehead atoms. The molecule has 0 spiro atoms. The number of hydrogen-bond acceptors (Lipinski definition) is 4. The van der Waals surface area contributed by atoms with Crippen molar-refractivity contribution in [2.24, 2.45) is 0 Å². The Labute approximate surface area is 190 Å². The van der Waals surface area contributed by atoms with Gasteiger partial charge in [0, 0.05) is 11.1 Å². The average Bonchev–Trinajstić information content (AvgIpc) is 2.80. The molecule has 0 saturated carbocycles. The average molecular weight is 435 g/mol. The fourth-order valence-electron chi connectivity index (χ4n) is 4.34. The molecule has 0 saturated heterocycles.